The van der Waals surface area contributed by atoms with Gasteiger partial charge >= 0.3 is 0 Å². The molecular weight excluding hydrogens is 312 g/mol. The molecule has 1 atom stereocenters. The van der Waals surface area contributed by atoms with Crippen LogP contribution in [0.5, 0.6) is 5.75 Å². The summed E-state index contributed by atoms with van der Waals surface area (Å²) in [5, 5.41) is 11.9. The number of ether oxygens (including phenoxy) is 1. The lowest BCUT2D eigenvalue weighted by Gasteiger charge is -2.10. The minimum absolute atomic E-state index is 0.348. The summed E-state index contributed by atoms with van der Waals surface area (Å²) in [4.78, 5) is 1.19. The van der Waals surface area contributed by atoms with Crippen molar-refractivity contribution in [2.45, 2.75) is 18.9 Å². The van der Waals surface area contributed by atoms with Gasteiger partial charge in [0.25, 0.3) is 0 Å². The maximum atomic E-state index is 9.90. The summed E-state index contributed by atoms with van der Waals surface area (Å²) in [6, 6.07) is 11.7. The van der Waals surface area contributed by atoms with Gasteiger partial charge in [0.15, 0.2) is 0 Å². The zero-order valence-electron chi connectivity index (χ0n) is 9.88. The Labute approximate surface area is 119 Å². The number of aliphatic hydroxyl groups excluding tert-OH is 1. The van der Waals surface area contributed by atoms with E-state index in [1.165, 1.54) is 4.88 Å². The first-order valence-electron chi connectivity index (χ1n) is 5.83. The highest BCUT2D eigenvalue weighted by Crippen LogP contribution is 2.21. The van der Waals surface area contributed by atoms with Gasteiger partial charge in [-0.25, -0.2) is 0 Å². The summed E-state index contributed by atoms with van der Waals surface area (Å²) < 4.78 is 6.63. The van der Waals surface area contributed by atoms with Crippen LogP contribution >= 0.6 is 27.3 Å². The summed E-state index contributed by atoms with van der Waals surface area (Å²) in [5.74, 6) is 0.851. The lowest BCUT2D eigenvalue weighted by atomic mass is 10.2. The molecule has 0 aliphatic carbocycles. The summed E-state index contributed by atoms with van der Waals surface area (Å²) in [6.45, 7) is 0.539. The molecule has 1 heterocycles. The van der Waals surface area contributed by atoms with Crippen LogP contribution in [0, 0.1) is 0 Å². The third kappa shape index (κ3) is 4.44. The Morgan fingerprint density at radius 1 is 1.28 bits per heavy atom. The van der Waals surface area contributed by atoms with Crippen molar-refractivity contribution < 1.29 is 9.84 Å². The van der Waals surface area contributed by atoms with Crippen molar-refractivity contribution in [2.24, 2.45) is 0 Å². The van der Waals surface area contributed by atoms with Crippen LogP contribution in [0.1, 0.15) is 11.3 Å². The topological polar surface area (TPSA) is 29.5 Å². The molecule has 1 aromatic carbocycles. The first-order valence-corrected chi connectivity index (χ1v) is 7.50. The number of para-hydroxylation sites is 1. The van der Waals surface area contributed by atoms with Crippen LogP contribution in [0.15, 0.2) is 46.3 Å². The zero-order valence-corrected chi connectivity index (χ0v) is 12.3. The number of hydrogen-bond donors (Lipinski definition) is 1. The van der Waals surface area contributed by atoms with Crippen LogP contribution < -0.4 is 4.74 Å². The van der Waals surface area contributed by atoms with Crippen molar-refractivity contribution in [1.82, 2.24) is 0 Å². The molecule has 0 amide bonds. The molecule has 0 saturated heterocycles. The van der Waals surface area contributed by atoms with Crippen LogP contribution in [0.2, 0.25) is 0 Å². The monoisotopic (exact) mass is 326 g/mol. The van der Waals surface area contributed by atoms with Crippen LogP contribution in [-0.4, -0.2) is 17.8 Å². The minimum atomic E-state index is -0.348. The number of rotatable bonds is 6. The normalized spacial score (nSPS) is 12.3. The molecule has 0 radical (unpaired) electrons. The van der Waals surface area contributed by atoms with E-state index in [0.29, 0.717) is 19.4 Å². The molecule has 1 aromatic heterocycles. The van der Waals surface area contributed by atoms with Crippen molar-refractivity contribution in [3.8, 4) is 5.75 Å². The standard InChI is InChI=1S/C14H15BrO2S/c15-11-8-14(18-10-11)9-12(16)6-7-17-13-4-2-1-3-5-13/h1-5,8,10,12,16H,6-7,9H2. The predicted molar refractivity (Wildman–Crippen MR) is 78.3 cm³/mol. The second kappa shape index (κ2) is 6.92. The van der Waals surface area contributed by atoms with E-state index in [4.69, 9.17) is 4.74 Å². The smallest absolute Gasteiger partial charge is 0.119 e. The molecule has 96 valence electrons. The minimum Gasteiger partial charge on any atom is -0.493 e. The number of hydrogen-bond acceptors (Lipinski definition) is 3. The van der Waals surface area contributed by atoms with E-state index in [0.717, 1.165) is 10.2 Å². The van der Waals surface area contributed by atoms with Crippen LogP contribution in [0.4, 0.5) is 0 Å². The quantitative estimate of drug-likeness (QED) is 0.872. The molecule has 0 spiro atoms. The molecule has 2 nitrogen and oxygen atoms in total. The average Bonchev–Trinajstić information content (AvgIpc) is 2.76. The molecule has 2 aromatic rings. The average molecular weight is 327 g/mol. The van der Waals surface area contributed by atoms with Gasteiger partial charge in [0, 0.05) is 27.6 Å². The fourth-order valence-corrected chi connectivity index (χ4v) is 3.15. The Morgan fingerprint density at radius 3 is 2.72 bits per heavy atom. The fraction of sp³-hybridized carbons (Fsp3) is 0.286. The maximum Gasteiger partial charge on any atom is 0.119 e. The van der Waals surface area contributed by atoms with Crippen LogP contribution in [0.3, 0.4) is 0 Å². The molecule has 1 N–H and O–H groups in total. The summed E-state index contributed by atoms with van der Waals surface area (Å²) in [6.07, 6.45) is 0.984. The summed E-state index contributed by atoms with van der Waals surface area (Å²) >= 11 is 5.07. The Balaban J connectivity index is 1.70. The third-order valence-electron chi connectivity index (χ3n) is 2.52. The summed E-state index contributed by atoms with van der Waals surface area (Å²) in [5.41, 5.74) is 0. The van der Waals surface area contributed by atoms with Gasteiger partial charge in [0.2, 0.25) is 0 Å². The van der Waals surface area contributed by atoms with Crippen molar-refractivity contribution >= 4 is 27.3 Å². The SMILES string of the molecule is OC(CCOc1ccccc1)Cc1cc(Br)cs1. The molecular formula is C14H15BrO2S. The first kappa shape index (κ1) is 13.6. The van der Waals surface area contributed by atoms with E-state index in [1.54, 1.807) is 11.3 Å². The van der Waals surface area contributed by atoms with Crippen molar-refractivity contribution in [3.05, 3.63) is 51.1 Å². The number of thiophene rings is 1. The Morgan fingerprint density at radius 2 is 2.06 bits per heavy atom. The maximum absolute atomic E-state index is 9.90. The number of aliphatic hydroxyl groups is 1. The molecule has 0 saturated carbocycles. The van der Waals surface area contributed by atoms with E-state index in [9.17, 15) is 5.11 Å². The molecule has 0 aliphatic rings. The summed E-state index contributed by atoms with van der Waals surface area (Å²) in [7, 11) is 0. The molecule has 1 unspecified atom stereocenters. The van der Waals surface area contributed by atoms with Gasteiger partial charge in [0.05, 0.1) is 12.7 Å². The van der Waals surface area contributed by atoms with E-state index in [-0.39, 0.29) is 6.10 Å². The molecule has 2 rings (SSSR count). The van der Waals surface area contributed by atoms with Crippen molar-refractivity contribution in [2.75, 3.05) is 6.61 Å². The molecule has 18 heavy (non-hydrogen) atoms. The van der Waals surface area contributed by atoms with Gasteiger partial charge in [-0.15, -0.1) is 11.3 Å². The van der Waals surface area contributed by atoms with E-state index < -0.39 is 0 Å². The predicted octanol–water partition coefficient (Wildman–Crippen LogP) is 3.88. The number of halogens is 1. The van der Waals surface area contributed by atoms with Gasteiger partial charge in [-0.05, 0) is 34.1 Å². The van der Waals surface area contributed by atoms with Crippen molar-refractivity contribution in [3.63, 3.8) is 0 Å². The molecule has 0 fully saturated rings. The molecule has 0 bridgehead atoms. The zero-order chi connectivity index (χ0) is 12.8. The van der Waals surface area contributed by atoms with E-state index in [1.807, 2.05) is 41.8 Å². The Kier molecular flexibility index (Phi) is 5.23. The second-order valence-corrected chi connectivity index (χ2v) is 5.95. The van der Waals surface area contributed by atoms with Gasteiger partial charge in [-0.3, -0.25) is 0 Å². The fourth-order valence-electron chi connectivity index (χ4n) is 1.62. The molecule has 0 aliphatic heterocycles. The molecule has 4 heteroatoms. The van der Waals surface area contributed by atoms with Gasteiger partial charge < -0.3 is 9.84 Å². The largest absolute Gasteiger partial charge is 0.493 e. The lowest BCUT2D eigenvalue weighted by molar-refractivity contribution is 0.140. The second-order valence-electron chi connectivity index (χ2n) is 4.04. The van der Waals surface area contributed by atoms with Crippen molar-refractivity contribution in [1.29, 1.82) is 0 Å². The van der Waals surface area contributed by atoms with Crippen LogP contribution in [0.25, 0.3) is 0 Å². The Hall–Kier alpha value is -0.840. The first-order chi connectivity index (χ1) is 8.74. The highest BCUT2D eigenvalue weighted by molar-refractivity contribution is 9.10. The number of benzene rings is 1. The highest BCUT2D eigenvalue weighted by Gasteiger charge is 2.07. The Bertz CT molecular complexity index is 470. The van der Waals surface area contributed by atoms with E-state index in [2.05, 4.69) is 15.9 Å². The van der Waals surface area contributed by atoms with Gasteiger partial charge in [-0.1, -0.05) is 18.2 Å². The van der Waals surface area contributed by atoms with Gasteiger partial charge in [0.1, 0.15) is 5.75 Å². The van der Waals surface area contributed by atoms with Crippen LogP contribution in [-0.2, 0) is 6.42 Å². The third-order valence-corrected chi connectivity index (χ3v) is 4.24. The lowest BCUT2D eigenvalue weighted by Crippen LogP contribution is -2.14. The van der Waals surface area contributed by atoms with Gasteiger partial charge in [-0.2, -0.15) is 0 Å². The highest BCUT2D eigenvalue weighted by atomic mass is 79.9. The van der Waals surface area contributed by atoms with E-state index >= 15 is 0 Å².